The fourth-order valence-corrected chi connectivity index (χ4v) is 11.9. The molecule has 4 saturated carbocycles. The standard InChI is InChI=1S/C36H56O9/c1-19-10-15-36(31(43)44)17-16-34(6)21(26(36)20(19)2)8-9-24-33(5)13-12-25(32(3,4)23(33)11-14-35(24,34)7)45-30(42)29(41)28(40)27(39)22(38)18-37/h8,18-20,22-29,38-41H,9-17H2,1-7H3,(H,43,44)/t19-,20+,22+,23?,24-,25+,26+,27-,28+,29+,33+,34-,35-,36+/m1/s1. The second kappa shape index (κ2) is 11.4. The molecule has 5 N–H and O–H groups in total. The lowest BCUT2D eigenvalue weighted by atomic mass is 9.33. The minimum absolute atomic E-state index is 0.0111. The van der Waals surface area contributed by atoms with Gasteiger partial charge in [-0.25, -0.2) is 4.79 Å². The van der Waals surface area contributed by atoms with Gasteiger partial charge < -0.3 is 35.1 Å². The number of allylic oxidation sites excluding steroid dienone is 2. The number of carboxylic acid groups (broad SMARTS) is 1. The number of rotatable bonds is 7. The van der Waals surface area contributed by atoms with Gasteiger partial charge >= 0.3 is 11.9 Å². The number of carboxylic acids is 1. The number of carbonyl (C=O) groups is 3. The molecule has 0 aromatic heterocycles. The Labute approximate surface area is 267 Å². The van der Waals surface area contributed by atoms with E-state index in [1.165, 1.54) is 5.57 Å². The van der Waals surface area contributed by atoms with E-state index in [1.807, 2.05) is 0 Å². The summed E-state index contributed by atoms with van der Waals surface area (Å²) in [6.45, 7) is 16.1. The average Bonchev–Trinajstić information content (AvgIpc) is 2.98. The molecule has 0 saturated heterocycles. The van der Waals surface area contributed by atoms with Crippen molar-refractivity contribution in [3.05, 3.63) is 11.6 Å². The summed E-state index contributed by atoms with van der Waals surface area (Å²) in [5.41, 5.74) is 0.110. The van der Waals surface area contributed by atoms with Gasteiger partial charge in [-0.05, 0) is 104 Å². The van der Waals surface area contributed by atoms with Gasteiger partial charge in [0.2, 0.25) is 0 Å². The second-order valence-corrected chi connectivity index (χ2v) is 16.9. The first kappa shape index (κ1) is 34.5. The average molecular weight is 633 g/mol. The highest BCUT2D eigenvalue weighted by Gasteiger charge is 2.69. The zero-order valence-electron chi connectivity index (χ0n) is 28.2. The second-order valence-electron chi connectivity index (χ2n) is 16.9. The summed E-state index contributed by atoms with van der Waals surface area (Å²) in [5, 5.41) is 50.8. The number of hydrogen-bond donors (Lipinski definition) is 5. The lowest BCUT2D eigenvalue weighted by Gasteiger charge is -2.71. The van der Waals surface area contributed by atoms with Crippen molar-refractivity contribution >= 4 is 18.2 Å². The van der Waals surface area contributed by atoms with E-state index >= 15 is 0 Å². The number of aliphatic hydroxyl groups is 4. The molecule has 45 heavy (non-hydrogen) atoms. The molecule has 0 spiro atoms. The molecule has 9 heteroatoms. The molecule has 5 aliphatic carbocycles. The molecule has 0 amide bonds. The minimum Gasteiger partial charge on any atom is -0.481 e. The molecule has 9 nitrogen and oxygen atoms in total. The predicted molar refractivity (Wildman–Crippen MR) is 167 cm³/mol. The Morgan fingerprint density at radius 3 is 2.18 bits per heavy atom. The maximum Gasteiger partial charge on any atom is 0.338 e. The predicted octanol–water partition coefficient (Wildman–Crippen LogP) is 4.28. The van der Waals surface area contributed by atoms with Crippen LogP contribution in [-0.4, -0.2) is 74.3 Å². The Bertz CT molecular complexity index is 1230. The van der Waals surface area contributed by atoms with Crippen molar-refractivity contribution in [3.63, 3.8) is 0 Å². The Hall–Kier alpha value is -1.81. The van der Waals surface area contributed by atoms with Crippen LogP contribution >= 0.6 is 0 Å². The van der Waals surface area contributed by atoms with Gasteiger partial charge in [0.1, 0.15) is 24.4 Å². The van der Waals surface area contributed by atoms with E-state index in [4.69, 9.17) is 4.74 Å². The van der Waals surface area contributed by atoms with E-state index in [1.54, 1.807) is 0 Å². The van der Waals surface area contributed by atoms with Crippen LogP contribution in [0.25, 0.3) is 0 Å². The number of aldehydes is 1. The first-order chi connectivity index (χ1) is 20.8. The highest BCUT2D eigenvalue weighted by molar-refractivity contribution is 5.77. The summed E-state index contributed by atoms with van der Waals surface area (Å²) in [6.07, 6.45) is 1.36. The van der Waals surface area contributed by atoms with Gasteiger partial charge in [-0.15, -0.1) is 0 Å². The van der Waals surface area contributed by atoms with Crippen molar-refractivity contribution in [1.29, 1.82) is 0 Å². The fourth-order valence-electron chi connectivity index (χ4n) is 11.9. The third-order valence-corrected chi connectivity index (χ3v) is 15.0. The van der Waals surface area contributed by atoms with Crippen LogP contribution in [0.2, 0.25) is 0 Å². The number of carbonyl (C=O) groups excluding carboxylic acids is 2. The summed E-state index contributed by atoms with van der Waals surface area (Å²) < 4.78 is 5.83. The molecule has 0 radical (unpaired) electrons. The SMILES string of the molecule is C[C@H]1[C@H](C)CC[C@]2(C(=O)O)CC[C@]3(C)C(=CC[C@@H]4[C@@]5(C)CC[C@H](OC(=O)[C@@H](O)[C@@H](O)[C@H](O)[C@@H](O)C=O)C(C)(C)C5CC[C@]43C)[C@H]12. The van der Waals surface area contributed by atoms with Gasteiger partial charge in [0, 0.05) is 5.41 Å². The van der Waals surface area contributed by atoms with Crippen molar-refractivity contribution in [1.82, 2.24) is 0 Å². The van der Waals surface area contributed by atoms with E-state index in [0.29, 0.717) is 24.2 Å². The van der Waals surface area contributed by atoms with Crippen molar-refractivity contribution in [2.45, 2.75) is 137 Å². The maximum atomic E-state index is 13.0. The van der Waals surface area contributed by atoms with Crippen LogP contribution in [0.1, 0.15) is 106 Å². The molecule has 1 unspecified atom stereocenters. The van der Waals surface area contributed by atoms with Crippen molar-refractivity contribution in [2.75, 3.05) is 0 Å². The van der Waals surface area contributed by atoms with Gasteiger partial charge in [-0.2, -0.15) is 0 Å². The van der Waals surface area contributed by atoms with E-state index in [-0.39, 0.29) is 34.4 Å². The van der Waals surface area contributed by atoms with Crippen LogP contribution in [0, 0.1) is 56.7 Å². The van der Waals surface area contributed by atoms with Crippen LogP contribution in [0.15, 0.2) is 11.6 Å². The number of ether oxygens (including phenoxy) is 1. The van der Waals surface area contributed by atoms with Gasteiger partial charge in [-0.3, -0.25) is 4.79 Å². The highest BCUT2D eigenvalue weighted by atomic mass is 16.6. The van der Waals surface area contributed by atoms with Crippen LogP contribution in [-0.2, 0) is 19.1 Å². The normalized spacial score (nSPS) is 46.4. The Morgan fingerprint density at radius 1 is 0.889 bits per heavy atom. The lowest BCUT2D eigenvalue weighted by Crippen LogP contribution is -2.65. The zero-order chi connectivity index (χ0) is 33.5. The monoisotopic (exact) mass is 632 g/mol. The molecule has 0 aromatic carbocycles. The quantitative estimate of drug-likeness (QED) is 0.157. The molecule has 5 aliphatic rings. The summed E-state index contributed by atoms with van der Waals surface area (Å²) in [5.74, 6) is -0.267. The lowest BCUT2D eigenvalue weighted by molar-refractivity contribution is -0.220. The van der Waals surface area contributed by atoms with E-state index < -0.39 is 53.3 Å². The molecule has 254 valence electrons. The molecular weight excluding hydrogens is 576 g/mol. The van der Waals surface area contributed by atoms with Gasteiger partial charge in [0.15, 0.2) is 12.4 Å². The smallest absolute Gasteiger partial charge is 0.338 e. The molecule has 14 atom stereocenters. The van der Waals surface area contributed by atoms with Crippen molar-refractivity contribution < 1.29 is 44.7 Å². The highest BCUT2D eigenvalue weighted by Crippen LogP contribution is 2.75. The van der Waals surface area contributed by atoms with Gasteiger partial charge in [-0.1, -0.05) is 60.1 Å². The zero-order valence-corrected chi connectivity index (χ0v) is 28.2. The molecule has 0 aromatic rings. The number of esters is 1. The third kappa shape index (κ3) is 4.80. The largest absolute Gasteiger partial charge is 0.481 e. The fraction of sp³-hybridized carbons (Fsp3) is 0.861. The summed E-state index contributed by atoms with van der Waals surface area (Å²) in [7, 11) is 0. The topological polar surface area (TPSA) is 162 Å². The van der Waals surface area contributed by atoms with Gasteiger partial charge in [0.05, 0.1) is 5.41 Å². The van der Waals surface area contributed by atoms with Crippen LogP contribution in [0.5, 0.6) is 0 Å². The molecule has 4 fully saturated rings. The first-order valence-corrected chi connectivity index (χ1v) is 17.2. The number of fused-ring (bicyclic) bond motifs is 7. The Morgan fingerprint density at radius 2 is 1.56 bits per heavy atom. The summed E-state index contributed by atoms with van der Waals surface area (Å²) in [6, 6.07) is 0. The van der Waals surface area contributed by atoms with E-state index in [0.717, 1.165) is 51.4 Å². The molecule has 0 bridgehead atoms. The van der Waals surface area contributed by atoms with Crippen LogP contribution < -0.4 is 0 Å². The van der Waals surface area contributed by atoms with Crippen molar-refractivity contribution in [2.24, 2.45) is 56.7 Å². The Balaban J connectivity index is 1.42. The van der Waals surface area contributed by atoms with E-state index in [2.05, 4.69) is 54.5 Å². The maximum absolute atomic E-state index is 13.0. The molecular formula is C36H56O9. The summed E-state index contributed by atoms with van der Waals surface area (Å²) >= 11 is 0. The first-order valence-electron chi connectivity index (χ1n) is 17.2. The number of aliphatic hydroxyl groups excluding tert-OH is 4. The number of aliphatic carboxylic acids is 1. The van der Waals surface area contributed by atoms with Crippen LogP contribution in [0.3, 0.4) is 0 Å². The molecule has 0 aliphatic heterocycles. The van der Waals surface area contributed by atoms with E-state index in [9.17, 15) is 39.9 Å². The Kier molecular flexibility index (Phi) is 8.76. The minimum atomic E-state index is -2.11. The van der Waals surface area contributed by atoms with Crippen molar-refractivity contribution in [3.8, 4) is 0 Å². The van der Waals surface area contributed by atoms with Gasteiger partial charge in [0.25, 0.3) is 0 Å². The molecule has 5 rings (SSSR count). The van der Waals surface area contributed by atoms with Crippen LogP contribution in [0.4, 0.5) is 0 Å². The summed E-state index contributed by atoms with van der Waals surface area (Å²) in [4.78, 5) is 36.7. The third-order valence-electron chi connectivity index (χ3n) is 15.0. The molecule has 0 heterocycles. The number of hydrogen-bond acceptors (Lipinski definition) is 8.